The number of unbranched alkanes of at least 4 members (excludes halogenated alkanes) is 5. The van der Waals surface area contributed by atoms with Gasteiger partial charge in [-0.1, -0.05) is 80.4 Å². The van der Waals surface area contributed by atoms with E-state index in [0.717, 1.165) is 23.3 Å². The third kappa shape index (κ3) is 9.94. The van der Waals surface area contributed by atoms with Gasteiger partial charge in [-0.05, 0) is 55.2 Å². The van der Waals surface area contributed by atoms with E-state index in [1.54, 1.807) is 19.1 Å². The van der Waals surface area contributed by atoms with Gasteiger partial charge in [0.25, 0.3) is 0 Å². The summed E-state index contributed by atoms with van der Waals surface area (Å²) < 4.78 is 10.8. The van der Waals surface area contributed by atoms with Gasteiger partial charge in [0.05, 0.1) is 23.3 Å². The van der Waals surface area contributed by atoms with Crippen molar-refractivity contribution in [2.75, 3.05) is 19.8 Å². The van der Waals surface area contributed by atoms with Crippen molar-refractivity contribution in [2.45, 2.75) is 65.3 Å². The van der Waals surface area contributed by atoms with Crippen molar-refractivity contribution >= 4 is 35.1 Å². The van der Waals surface area contributed by atoms with E-state index in [1.165, 1.54) is 37.0 Å². The van der Waals surface area contributed by atoms with Crippen molar-refractivity contribution < 1.29 is 19.1 Å². The summed E-state index contributed by atoms with van der Waals surface area (Å²) in [6, 6.07) is 13.0. The molecule has 0 N–H and O–H groups in total. The highest BCUT2D eigenvalue weighted by molar-refractivity contribution is 6.42. The molecule has 0 bridgehead atoms. The molecular formula is C27H35Cl2NO4. The fourth-order valence-corrected chi connectivity index (χ4v) is 3.84. The van der Waals surface area contributed by atoms with E-state index in [4.69, 9.17) is 32.7 Å². The first kappa shape index (κ1) is 28.0. The maximum Gasteiger partial charge on any atom is 0.397 e. The maximum absolute atomic E-state index is 12.7. The number of hydrogen-bond acceptors (Lipinski definition) is 4. The Balaban J connectivity index is 1.93. The molecule has 0 radical (unpaired) electrons. The van der Waals surface area contributed by atoms with Gasteiger partial charge in [-0.15, -0.1) is 0 Å². The van der Waals surface area contributed by atoms with Crippen molar-refractivity contribution in [2.24, 2.45) is 0 Å². The van der Waals surface area contributed by atoms with Crippen LogP contribution in [0.1, 0.15) is 63.5 Å². The molecule has 0 fully saturated rings. The molecule has 5 nitrogen and oxygen atoms in total. The van der Waals surface area contributed by atoms with E-state index < -0.39 is 11.9 Å². The molecule has 0 aliphatic heterocycles. The number of benzene rings is 2. The fourth-order valence-electron chi connectivity index (χ4n) is 3.52. The Hall–Kier alpha value is -2.24. The third-order valence-electron chi connectivity index (χ3n) is 5.46. The minimum Gasteiger partial charge on any atom is -0.494 e. The van der Waals surface area contributed by atoms with Crippen molar-refractivity contribution in [1.29, 1.82) is 0 Å². The molecule has 2 aromatic rings. The summed E-state index contributed by atoms with van der Waals surface area (Å²) in [4.78, 5) is 26.3. The molecule has 2 aromatic carbocycles. The van der Waals surface area contributed by atoms with E-state index in [9.17, 15) is 9.59 Å². The maximum atomic E-state index is 12.7. The predicted octanol–water partition coefficient (Wildman–Crippen LogP) is 6.87. The molecule has 186 valence electrons. The number of ether oxygens (including phenoxy) is 2. The molecule has 0 aromatic heterocycles. The molecule has 34 heavy (non-hydrogen) atoms. The van der Waals surface area contributed by atoms with E-state index >= 15 is 0 Å². The second-order valence-corrected chi connectivity index (χ2v) is 9.02. The lowest BCUT2D eigenvalue weighted by atomic mass is 10.1. The summed E-state index contributed by atoms with van der Waals surface area (Å²) in [5.41, 5.74) is 1.83. The van der Waals surface area contributed by atoms with Crippen LogP contribution >= 0.6 is 23.2 Å². The van der Waals surface area contributed by atoms with Crippen LogP contribution in [0.15, 0.2) is 42.5 Å². The van der Waals surface area contributed by atoms with E-state index in [2.05, 4.69) is 6.92 Å². The number of amides is 1. The molecule has 0 saturated carbocycles. The second-order valence-electron chi connectivity index (χ2n) is 8.21. The van der Waals surface area contributed by atoms with Gasteiger partial charge in [0.1, 0.15) is 5.75 Å². The first-order valence-electron chi connectivity index (χ1n) is 12.1. The molecule has 0 aliphatic carbocycles. The minimum atomic E-state index is -0.851. The van der Waals surface area contributed by atoms with Gasteiger partial charge in [-0.25, -0.2) is 4.79 Å². The number of carbonyl (C=O) groups is 2. The number of hydrogen-bond donors (Lipinski definition) is 0. The van der Waals surface area contributed by atoms with Crippen molar-refractivity contribution in [3.63, 3.8) is 0 Å². The average molecular weight is 508 g/mol. The average Bonchev–Trinajstić information content (AvgIpc) is 2.84. The second kappa shape index (κ2) is 15.6. The van der Waals surface area contributed by atoms with E-state index in [0.29, 0.717) is 29.6 Å². The normalized spacial score (nSPS) is 10.7. The van der Waals surface area contributed by atoms with Crippen LogP contribution in [0, 0.1) is 0 Å². The SMILES string of the molecule is CCCCCCCCOc1ccc(CN(CCc2ccc(Cl)c(Cl)c2)C(=O)C(=O)OCC)cc1. The zero-order chi connectivity index (χ0) is 24.8. The molecule has 0 atom stereocenters. The Morgan fingerprint density at radius 3 is 2.21 bits per heavy atom. The van der Waals surface area contributed by atoms with E-state index in [-0.39, 0.29) is 13.2 Å². The van der Waals surface area contributed by atoms with Gasteiger partial charge in [-0.3, -0.25) is 4.79 Å². The lowest BCUT2D eigenvalue weighted by Gasteiger charge is -2.22. The molecule has 0 aliphatic rings. The van der Waals surface area contributed by atoms with Gasteiger partial charge < -0.3 is 14.4 Å². The van der Waals surface area contributed by atoms with Crippen LogP contribution < -0.4 is 4.74 Å². The van der Waals surface area contributed by atoms with Gasteiger partial charge >= 0.3 is 11.9 Å². The van der Waals surface area contributed by atoms with Crippen molar-refractivity contribution in [1.82, 2.24) is 4.90 Å². The monoisotopic (exact) mass is 507 g/mol. The Labute approximate surface area is 213 Å². The highest BCUT2D eigenvalue weighted by Crippen LogP contribution is 2.23. The molecule has 0 spiro atoms. The lowest BCUT2D eigenvalue weighted by molar-refractivity contribution is -0.160. The largest absolute Gasteiger partial charge is 0.494 e. The lowest BCUT2D eigenvalue weighted by Crippen LogP contribution is -2.38. The summed E-state index contributed by atoms with van der Waals surface area (Å²) in [6.45, 7) is 5.37. The highest BCUT2D eigenvalue weighted by atomic mass is 35.5. The summed E-state index contributed by atoms with van der Waals surface area (Å²) in [5.74, 6) is -0.711. The number of esters is 1. The van der Waals surface area contributed by atoms with E-state index in [1.807, 2.05) is 30.3 Å². The summed E-state index contributed by atoms with van der Waals surface area (Å²) in [7, 11) is 0. The molecule has 0 saturated heterocycles. The number of halogens is 2. The summed E-state index contributed by atoms with van der Waals surface area (Å²) >= 11 is 12.1. The van der Waals surface area contributed by atoms with Crippen LogP contribution in [0.25, 0.3) is 0 Å². The number of nitrogens with zero attached hydrogens (tertiary/aromatic N) is 1. The predicted molar refractivity (Wildman–Crippen MR) is 138 cm³/mol. The van der Waals surface area contributed by atoms with Crippen LogP contribution in [-0.4, -0.2) is 36.5 Å². The topological polar surface area (TPSA) is 55.8 Å². The number of rotatable bonds is 14. The molecule has 0 heterocycles. The Morgan fingerprint density at radius 1 is 0.853 bits per heavy atom. The zero-order valence-electron chi connectivity index (χ0n) is 20.2. The standard InChI is InChI=1S/C27H35Cl2NO4/c1-3-5-6-7-8-9-18-34-23-13-10-22(11-14-23)20-30(26(31)27(32)33-4-2)17-16-21-12-15-24(28)25(29)19-21/h10-15,19H,3-9,16-18,20H2,1-2H3. The van der Waals surface area contributed by atoms with Crippen LogP contribution in [-0.2, 0) is 27.3 Å². The Morgan fingerprint density at radius 2 is 1.53 bits per heavy atom. The fraction of sp³-hybridized carbons (Fsp3) is 0.481. The van der Waals surface area contributed by atoms with Gasteiger partial charge in [0.15, 0.2) is 0 Å². The first-order valence-corrected chi connectivity index (χ1v) is 12.8. The van der Waals surface area contributed by atoms with Gasteiger partial charge in [0.2, 0.25) is 0 Å². The van der Waals surface area contributed by atoms with Crippen molar-refractivity contribution in [3.8, 4) is 5.75 Å². The van der Waals surface area contributed by atoms with Crippen molar-refractivity contribution in [3.05, 3.63) is 63.6 Å². The van der Waals surface area contributed by atoms with Crippen LogP contribution in [0.3, 0.4) is 0 Å². The quantitative estimate of drug-likeness (QED) is 0.159. The van der Waals surface area contributed by atoms with Crippen LogP contribution in [0.2, 0.25) is 10.0 Å². The summed E-state index contributed by atoms with van der Waals surface area (Å²) in [5, 5.41) is 0.933. The molecule has 2 rings (SSSR count). The minimum absolute atomic E-state index is 0.149. The van der Waals surface area contributed by atoms with Gasteiger partial charge in [0, 0.05) is 13.1 Å². The molecule has 1 amide bonds. The molecule has 7 heteroatoms. The van der Waals surface area contributed by atoms with Crippen LogP contribution in [0.4, 0.5) is 0 Å². The summed E-state index contributed by atoms with van der Waals surface area (Å²) in [6.07, 6.45) is 7.85. The van der Waals surface area contributed by atoms with Gasteiger partial charge in [-0.2, -0.15) is 0 Å². The Kier molecular flexibility index (Phi) is 12.9. The third-order valence-corrected chi connectivity index (χ3v) is 6.19. The first-order chi connectivity index (χ1) is 16.4. The highest BCUT2D eigenvalue weighted by Gasteiger charge is 2.23. The number of carbonyl (C=O) groups excluding carboxylic acids is 2. The van der Waals surface area contributed by atoms with Crippen LogP contribution in [0.5, 0.6) is 5.75 Å². The molecular weight excluding hydrogens is 473 g/mol. The Bertz CT molecular complexity index is 902. The zero-order valence-corrected chi connectivity index (χ0v) is 21.7. The molecule has 0 unspecified atom stereocenters. The smallest absolute Gasteiger partial charge is 0.397 e.